The quantitative estimate of drug-likeness (QED) is 0.459. The fourth-order valence-corrected chi connectivity index (χ4v) is 4.01. The Balaban J connectivity index is 1.63. The van der Waals surface area contributed by atoms with Crippen molar-refractivity contribution in [3.63, 3.8) is 0 Å². The van der Waals surface area contributed by atoms with Crippen LogP contribution in [0.25, 0.3) is 10.6 Å². The van der Waals surface area contributed by atoms with E-state index in [2.05, 4.69) is 25.5 Å². The fraction of sp³-hybridized carbons (Fsp3) is 0.190. The zero-order chi connectivity index (χ0) is 21.1. The van der Waals surface area contributed by atoms with E-state index >= 15 is 0 Å². The van der Waals surface area contributed by atoms with Crippen LogP contribution < -0.4 is 10.1 Å². The Bertz CT molecular complexity index is 1160. The number of rotatable bonds is 6. The highest BCUT2D eigenvalue weighted by atomic mass is 32.1. The van der Waals surface area contributed by atoms with Gasteiger partial charge in [-0.3, -0.25) is 4.79 Å². The Labute approximate surface area is 181 Å². The molecule has 0 radical (unpaired) electrons. The van der Waals surface area contributed by atoms with E-state index in [1.165, 1.54) is 11.3 Å². The van der Waals surface area contributed by atoms with Crippen LogP contribution in [0.1, 0.15) is 39.6 Å². The first-order valence-electron chi connectivity index (χ1n) is 9.24. The van der Waals surface area contributed by atoms with Gasteiger partial charge in [0.25, 0.3) is 11.1 Å². The molecule has 0 saturated carbocycles. The highest BCUT2D eigenvalue weighted by Crippen LogP contribution is 2.32. The van der Waals surface area contributed by atoms with Crippen LogP contribution >= 0.6 is 22.7 Å². The Morgan fingerprint density at radius 2 is 2.00 bits per heavy atom. The van der Waals surface area contributed by atoms with Gasteiger partial charge in [0.15, 0.2) is 0 Å². The lowest BCUT2D eigenvalue weighted by molar-refractivity contribution is 0.0938. The molecule has 1 atom stereocenters. The van der Waals surface area contributed by atoms with Crippen LogP contribution in [-0.4, -0.2) is 26.1 Å². The summed E-state index contributed by atoms with van der Waals surface area (Å²) in [6, 6.07) is 8.82. The molecule has 0 fully saturated rings. The number of nitrogens with zero attached hydrogens (tertiary/aromatic N) is 4. The van der Waals surface area contributed by atoms with Crippen molar-refractivity contribution in [1.82, 2.24) is 25.5 Å². The molecule has 0 spiro atoms. The predicted octanol–water partition coefficient (Wildman–Crippen LogP) is 4.96. The summed E-state index contributed by atoms with van der Waals surface area (Å²) in [5.41, 5.74) is 2.81. The molecule has 0 aliphatic rings. The van der Waals surface area contributed by atoms with Gasteiger partial charge in [0.1, 0.15) is 10.8 Å². The molecule has 0 aliphatic carbocycles. The van der Waals surface area contributed by atoms with Crippen molar-refractivity contribution in [1.29, 1.82) is 0 Å². The van der Waals surface area contributed by atoms with Crippen LogP contribution in [0.5, 0.6) is 10.9 Å². The van der Waals surface area contributed by atoms with Crippen LogP contribution in [0, 0.1) is 13.8 Å². The lowest BCUT2D eigenvalue weighted by Crippen LogP contribution is -2.27. The van der Waals surface area contributed by atoms with Crippen LogP contribution in [0.3, 0.4) is 0 Å². The smallest absolute Gasteiger partial charge is 0.278 e. The molecule has 0 aliphatic heterocycles. The molecule has 4 aromatic rings. The van der Waals surface area contributed by atoms with Crippen LogP contribution in [0.15, 0.2) is 48.1 Å². The molecule has 1 aromatic carbocycles. The molecule has 4 rings (SSSR count). The molecule has 1 amide bonds. The average molecular weight is 438 g/mol. The minimum atomic E-state index is -0.292. The summed E-state index contributed by atoms with van der Waals surface area (Å²) in [5.74, 6) is 0.298. The molecular formula is C21H19N5O2S2. The number of nitrogens with one attached hydrogen (secondary N) is 1. The number of hydrogen-bond acceptors (Lipinski definition) is 8. The Hall–Kier alpha value is -3.17. The second-order valence-corrected chi connectivity index (χ2v) is 8.81. The molecule has 1 unspecified atom stereocenters. The van der Waals surface area contributed by atoms with Gasteiger partial charge in [-0.15, -0.1) is 11.3 Å². The van der Waals surface area contributed by atoms with Gasteiger partial charge in [-0.2, -0.15) is 10.2 Å². The standard InChI is InChI=1S/C21H19N5O2S2/c1-12-4-5-18(26-25-12)14(3)24-19(27)15-8-16(20-23-11-13(2)30-20)10-17(9-15)28-21-22-6-7-29-21/h4-11,14H,1-3H3,(H,24,27). The zero-order valence-electron chi connectivity index (χ0n) is 16.6. The second-order valence-electron chi connectivity index (χ2n) is 6.72. The SMILES string of the molecule is Cc1ccc(C(C)NC(=O)c2cc(Oc3nccs3)cc(-c3ncc(C)s3)c2)nn1. The van der Waals surface area contributed by atoms with E-state index in [4.69, 9.17) is 4.74 Å². The molecular weight excluding hydrogens is 418 g/mol. The number of carbonyl (C=O) groups excluding carboxylic acids is 1. The van der Waals surface area contributed by atoms with Crippen molar-refractivity contribution in [2.45, 2.75) is 26.8 Å². The van der Waals surface area contributed by atoms with Crippen molar-refractivity contribution >= 4 is 28.6 Å². The maximum atomic E-state index is 13.0. The molecule has 0 bridgehead atoms. The highest BCUT2D eigenvalue weighted by molar-refractivity contribution is 7.15. The third-order valence-corrected chi connectivity index (χ3v) is 5.87. The highest BCUT2D eigenvalue weighted by Gasteiger charge is 2.17. The van der Waals surface area contributed by atoms with Gasteiger partial charge < -0.3 is 10.1 Å². The molecule has 30 heavy (non-hydrogen) atoms. The first-order valence-corrected chi connectivity index (χ1v) is 10.9. The van der Waals surface area contributed by atoms with Crippen molar-refractivity contribution in [2.75, 3.05) is 0 Å². The summed E-state index contributed by atoms with van der Waals surface area (Å²) in [7, 11) is 0. The maximum Gasteiger partial charge on any atom is 0.278 e. The number of benzene rings is 1. The summed E-state index contributed by atoms with van der Waals surface area (Å²) in [6.07, 6.45) is 3.48. The molecule has 7 nitrogen and oxygen atoms in total. The minimum absolute atomic E-state index is 0.232. The molecule has 3 aromatic heterocycles. The number of amides is 1. The summed E-state index contributed by atoms with van der Waals surface area (Å²) in [5, 5.41) is 14.4. The number of aryl methyl sites for hydroxylation is 2. The van der Waals surface area contributed by atoms with E-state index in [1.807, 2.05) is 56.6 Å². The number of hydrogen-bond donors (Lipinski definition) is 1. The second kappa shape index (κ2) is 8.68. The van der Waals surface area contributed by atoms with Crippen LogP contribution in [0.2, 0.25) is 0 Å². The monoisotopic (exact) mass is 437 g/mol. The van der Waals surface area contributed by atoms with E-state index in [0.29, 0.717) is 22.2 Å². The number of thiazole rings is 2. The maximum absolute atomic E-state index is 13.0. The molecule has 152 valence electrons. The summed E-state index contributed by atoms with van der Waals surface area (Å²) < 4.78 is 5.86. The minimum Gasteiger partial charge on any atom is -0.431 e. The number of aromatic nitrogens is 4. The van der Waals surface area contributed by atoms with E-state index in [-0.39, 0.29) is 11.9 Å². The van der Waals surface area contributed by atoms with Gasteiger partial charge in [0, 0.05) is 33.8 Å². The fourth-order valence-electron chi connectivity index (χ4n) is 2.76. The lowest BCUT2D eigenvalue weighted by atomic mass is 10.1. The van der Waals surface area contributed by atoms with E-state index in [9.17, 15) is 4.79 Å². The Kier molecular flexibility index (Phi) is 5.82. The van der Waals surface area contributed by atoms with Crippen LogP contribution in [0.4, 0.5) is 0 Å². The normalized spacial score (nSPS) is 11.8. The van der Waals surface area contributed by atoms with Crippen molar-refractivity contribution < 1.29 is 9.53 Å². The van der Waals surface area contributed by atoms with Crippen molar-refractivity contribution in [2.24, 2.45) is 0 Å². The third-order valence-electron chi connectivity index (χ3n) is 4.26. The average Bonchev–Trinajstić information content (AvgIpc) is 3.40. The van der Waals surface area contributed by atoms with E-state index < -0.39 is 0 Å². The first kappa shape index (κ1) is 20.1. The van der Waals surface area contributed by atoms with Gasteiger partial charge in [-0.25, -0.2) is 9.97 Å². The van der Waals surface area contributed by atoms with E-state index in [0.717, 1.165) is 21.1 Å². The van der Waals surface area contributed by atoms with Gasteiger partial charge in [-0.1, -0.05) is 11.3 Å². The molecule has 9 heteroatoms. The zero-order valence-corrected chi connectivity index (χ0v) is 18.3. The summed E-state index contributed by atoms with van der Waals surface area (Å²) in [4.78, 5) is 22.7. The number of ether oxygens (including phenoxy) is 1. The largest absolute Gasteiger partial charge is 0.431 e. The molecule has 1 N–H and O–H groups in total. The van der Waals surface area contributed by atoms with Gasteiger partial charge in [0.05, 0.1) is 17.4 Å². The topological polar surface area (TPSA) is 89.9 Å². The molecule has 3 heterocycles. The third kappa shape index (κ3) is 4.69. The summed E-state index contributed by atoms with van der Waals surface area (Å²) in [6.45, 7) is 5.74. The number of carbonyl (C=O) groups is 1. The van der Waals surface area contributed by atoms with Crippen molar-refractivity contribution in [3.05, 3.63) is 69.9 Å². The predicted molar refractivity (Wildman–Crippen MR) is 117 cm³/mol. The van der Waals surface area contributed by atoms with Gasteiger partial charge in [0.2, 0.25) is 0 Å². The van der Waals surface area contributed by atoms with Crippen LogP contribution in [-0.2, 0) is 0 Å². The first-order chi connectivity index (χ1) is 14.5. The van der Waals surface area contributed by atoms with Gasteiger partial charge >= 0.3 is 0 Å². The summed E-state index contributed by atoms with van der Waals surface area (Å²) >= 11 is 2.95. The lowest BCUT2D eigenvalue weighted by Gasteiger charge is -2.14. The van der Waals surface area contributed by atoms with Gasteiger partial charge in [-0.05, 0) is 51.1 Å². The Morgan fingerprint density at radius 3 is 2.67 bits per heavy atom. The van der Waals surface area contributed by atoms with Crippen molar-refractivity contribution in [3.8, 4) is 21.5 Å². The Morgan fingerprint density at radius 1 is 1.13 bits per heavy atom. The molecule has 0 saturated heterocycles. The van der Waals surface area contributed by atoms with E-state index in [1.54, 1.807) is 23.6 Å².